The molecule has 0 unspecified atom stereocenters. The number of imide groups is 1. The number of ether oxygens (including phenoxy) is 2. The molecule has 3 aromatic rings. The van der Waals surface area contributed by atoms with Gasteiger partial charge in [0, 0.05) is 22.7 Å². The summed E-state index contributed by atoms with van der Waals surface area (Å²) in [5.41, 5.74) is 1.72. The number of ketones is 1. The summed E-state index contributed by atoms with van der Waals surface area (Å²) in [4.78, 5) is 43.2. The number of carbonyl (C=O) groups is 3. The highest BCUT2D eigenvalue weighted by atomic mass is 16.6. The Labute approximate surface area is 184 Å². The van der Waals surface area contributed by atoms with E-state index in [0.29, 0.717) is 35.8 Å². The van der Waals surface area contributed by atoms with Crippen LogP contribution in [0.25, 0.3) is 10.9 Å². The molecule has 3 heterocycles. The number of para-hydroxylation sites is 1. The first kappa shape index (κ1) is 20.1. The van der Waals surface area contributed by atoms with Crippen molar-refractivity contribution in [2.24, 2.45) is 0 Å². The number of urea groups is 1. The van der Waals surface area contributed by atoms with Gasteiger partial charge in [0.05, 0.1) is 6.54 Å². The van der Waals surface area contributed by atoms with E-state index < -0.39 is 17.5 Å². The summed E-state index contributed by atoms with van der Waals surface area (Å²) in [6.45, 7) is 4.21. The van der Waals surface area contributed by atoms with E-state index >= 15 is 0 Å². The average molecular weight is 433 g/mol. The van der Waals surface area contributed by atoms with E-state index in [2.05, 4.69) is 10.3 Å². The Kier molecular flexibility index (Phi) is 4.65. The van der Waals surface area contributed by atoms with Crippen molar-refractivity contribution in [2.45, 2.75) is 25.8 Å². The number of aromatic nitrogens is 1. The average Bonchev–Trinajstić information content (AvgIpc) is 3.34. The number of aromatic amines is 1. The van der Waals surface area contributed by atoms with Crippen LogP contribution in [0.15, 0.2) is 42.6 Å². The Balaban J connectivity index is 1.42. The maximum Gasteiger partial charge on any atom is 0.325 e. The van der Waals surface area contributed by atoms with Crippen LogP contribution >= 0.6 is 0 Å². The number of aryl methyl sites for hydroxylation is 1. The number of amides is 3. The van der Waals surface area contributed by atoms with Gasteiger partial charge in [0.1, 0.15) is 18.8 Å². The van der Waals surface area contributed by atoms with Crippen LogP contribution < -0.4 is 14.8 Å². The first-order valence-corrected chi connectivity index (χ1v) is 10.6. The van der Waals surface area contributed by atoms with E-state index in [0.717, 1.165) is 27.8 Å². The van der Waals surface area contributed by atoms with Gasteiger partial charge in [-0.05, 0) is 36.6 Å². The molecule has 1 fully saturated rings. The van der Waals surface area contributed by atoms with Crippen LogP contribution in [-0.2, 0) is 16.8 Å². The van der Waals surface area contributed by atoms with Crippen LogP contribution in [0.4, 0.5) is 4.79 Å². The molecule has 0 saturated carbocycles. The molecule has 0 radical (unpaired) electrons. The molecule has 32 heavy (non-hydrogen) atoms. The van der Waals surface area contributed by atoms with E-state index in [4.69, 9.17) is 9.47 Å². The quantitative estimate of drug-likeness (QED) is 0.476. The van der Waals surface area contributed by atoms with Crippen molar-refractivity contribution >= 4 is 28.6 Å². The predicted molar refractivity (Wildman–Crippen MR) is 117 cm³/mol. The van der Waals surface area contributed by atoms with Crippen LogP contribution in [0.1, 0.15) is 35.3 Å². The second-order valence-corrected chi connectivity index (χ2v) is 8.12. The van der Waals surface area contributed by atoms with Gasteiger partial charge in [-0.2, -0.15) is 0 Å². The smallest absolute Gasteiger partial charge is 0.325 e. The summed E-state index contributed by atoms with van der Waals surface area (Å²) in [6.07, 6.45) is 2.47. The lowest BCUT2D eigenvalue weighted by atomic mass is 9.91. The lowest BCUT2D eigenvalue weighted by Crippen LogP contribution is -2.41. The van der Waals surface area contributed by atoms with Gasteiger partial charge in [-0.25, -0.2) is 4.79 Å². The number of hydrogen-bond donors (Lipinski definition) is 2. The monoisotopic (exact) mass is 433 g/mol. The van der Waals surface area contributed by atoms with Gasteiger partial charge < -0.3 is 19.8 Å². The molecule has 8 nitrogen and oxygen atoms in total. The van der Waals surface area contributed by atoms with Gasteiger partial charge in [0.2, 0.25) is 0 Å². The number of rotatable bonds is 5. The van der Waals surface area contributed by atoms with E-state index in [1.807, 2.05) is 25.1 Å². The number of nitrogens with zero attached hydrogens (tertiary/aromatic N) is 1. The molecule has 0 spiro atoms. The third-order valence-electron chi connectivity index (χ3n) is 6.18. The van der Waals surface area contributed by atoms with Gasteiger partial charge in [-0.3, -0.25) is 14.5 Å². The van der Waals surface area contributed by atoms with Crippen molar-refractivity contribution in [3.63, 3.8) is 0 Å². The maximum atomic E-state index is 13.3. The maximum absolute atomic E-state index is 13.3. The van der Waals surface area contributed by atoms with E-state index in [1.54, 1.807) is 31.3 Å². The SMILES string of the molecule is CCc1cccc2c(C(=O)CN3C(=O)N[C@@](C)(c4ccc5c(c4)OCCO5)C3=O)c[nH]c12. The molecular formula is C24H23N3O5. The molecule has 2 N–H and O–H groups in total. The minimum absolute atomic E-state index is 0.306. The lowest BCUT2D eigenvalue weighted by molar-refractivity contribution is -0.130. The first-order chi connectivity index (χ1) is 15.4. The van der Waals surface area contributed by atoms with Crippen LogP contribution in [-0.4, -0.2) is 47.4 Å². The summed E-state index contributed by atoms with van der Waals surface area (Å²) in [7, 11) is 0. The molecule has 0 bridgehead atoms. The standard InChI is InChI=1S/C24H23N3O5/c1-3-14-5-4-6-16-17(12-25-21(14)16)18(28)13-27-22(29)24(2,26-23(27)30)15-7-8-19-20(11-15)32-10-9-31-19/h4-8,11-12,25H,3,9-10,13H2,1-2H3,(H,26,30)/t24-/m0/s1. The summed E-state index contributed by atoms with van der Waals surface area (Å²) in [6, 6.07) is 10.3. The molecule has 2 aliphatic heterocycles. The highest BCUT2D eigenvalue weighted by Gasteiger charge is 2.50. The molecule has 2 aromatic carbocycles. The van der Waals surface area contributed by atoms with Crippen LogP contribution in [0.3, 0.4) is 0 Å². The number of hydrogen-bond acceptors (Lipinski definition) is 5. The molecule has 5 rings (SSSR count). The second kappa shape index (κ2) is 7.40. The van der Waals surface area contributed by atoms with Crippen molar-refractivity contribution in [1.29, 1.82) is 0 Å². The summed E-state index contributed by atoms with van der Waals surface area (Å²) in [5, 5.41) is 3.53. The Bertz CT molecular complexity index is 1260. The van der Waals surface area contributed by atoms with Crippen LogP contribution in [0.2, 0.25) is 0 Å². The molecular weight excluding hydrogens is 410 g/mol. The molecule has 1 atom stereocenters. The number of nitrogens with one attached hydrogen (secondary N) is 2. The van der Waals surface area contributed by atoms with E-state index in [-0.39, 0.29) is 12.3 Å². The zero-order chi connectivity index (χ0) is 22.5. The van der Waals surface area contributed by atoms with Crippen molar-refractivity contribution in [3.05, 3.63) is 59.3 Å². The Morgan fingerprint density at radius 1 is 1.12 bits per heavy atom. The van der Waals surface area contributed by atoms with Gasteiger partial charge in [0.25, 0.3) is 5.91 Å². The fraction of sp³-hybridized carbons (Fsp3) is 0.292. The largest absolute Gasteiger partial charge is 0.486 e. The van der Waals surface area contributed by atoms with Crippen LogP contribution in [0.5, 0.6) is 11.5 Å². The fourth-order valence-corrected chi connectivity index (χ4v) is 4.36. The molecule has 2 aliphatic rings. The molecule has 8 heteroatoms. The van der Waals surface area contributed by atoms with Crippen molar-refractivity contribution in [3.8, 4) is 11.5 Å². The highest BCUT2D eigenvalue weighted by Crippen LogP contribution is 2.37. The van der Waals surface area contributed by atoms with Gasteiger partial charge in [0.15, 0.2) is 17.3 Å². The molecule has 1 aromatic heterocycles. The van der Waals surface area contributed by atoms with Crippen molar-refractivity contribution in [1.82, 2.24) is 15.2 Å². The number of H-pyrrole nitrogens is 1. The third-order valence-corrected chi connectivity index (χ3v) is 6.18. The Morgan fingerprint density at radius 2 is 1.91 bits per heavy atom. The van der Waals surface area contributed by atoms with Gasteiger partial charge in [-0.1, -0.05) is 31.2 Å². The van der Waals surface area contributed by atoms with Crippen LogP contribution in [0, 0.1) is 0 Å². The number of carbonyl (C=O) groups excluding carboxylic acids is 3. The van der Waals surface area contributed by atoms with E-state index in [9.17, 15) is 14.4 Å². The highest BCUT2D eigenvalue weighted by molar-refractivity contribution is 6.14. The summed E-state index contributed by atoms with van der Waals surface area (Å²) in [5.74, 6) is 0.330. The number of fused-ring (bicyclic) bond motifs is 2. The molecule has 3 amide bonds. The predicted octanol–water partition coefficient (Wildman–Crippen LogP) is 3.15. The summed E-state index contributed by atoms with van der Waals surface area (Å²) < 4.78 is 11.1. The normalized spacial score (nSPS) is 20.0. The summed E-state index contributed by atoms with van der Waals surface area (Å²) >= 11 is 0. The van der Waals surface area contributed by atoms with Gasteiger partial charge in [-0.15, -0.1) is 0 Å². The zero-order valence-corrected chi connectivity index (χ0v) is 17.9. The van der Waals surface area contributed by atoms with Crippen molar-refractivity contribution < 1.29 is 23.9 Å². The van der Waals surface area contributed by atoms with Gasteiger partial charge >= 0.3 is 6.03 Å². The molecule has 1 saturated heterocycles. The fourth-order valence-electron chi connectivity index (χ4n) is 4.36. The third kappa shape index (κ3) is 3.02. The first-order valence-electron chi connectivity index (χ1n) is 10.6. The molecule has 0 aliphatic carbocycles. The van der Waals surface area contributed by atoms with Crippen molar-refractivity contribution in [2.75, 3.05) is 19.8 Å². The molecule has 164 valence electrons. The Morgan fingerprint density at radius 3 is 2.69 bits per heavy atom. The second-order valence-electron chi connectivity index (χ2n) is 8.12. The topological polar surface area (TPSA) is 101 Å². The van der Waals surface area contributed by atoms with E-state index in [1.165, 1.54) is 0 Å². The number of Topliss-reactive ketones (excluding diaryl/α,β-unsaturated/α-hetero) is 1. The minimum atomic E-state index is -1.30. The number of benzene rings is 2. The Hall–Kier alpha value is -3.81. The minimum Gasteiger partial charge on any atom is -0.486 e. The lowest BCUT2D eigenvalue weighted by Gasteiger charge is -2.25. The zero-order valence-electron chi connectivity index (χ0n) is 17.9.